The Labute approximate surface area is 138 Å². The number of carbonyl (C=O) groups excluding carboxylic acids is 1. The SMILES string of the molecule is Cc1sc2ncc(C(=O)NC3CCC(CO)CC3)c(=O)n2c1C. The summed E-state index contributed by atoms with van der Waals surface area (Å²) in [4.78, 5) is 30.9. The lowest BCUT2D eigenvalue weighted by Crippen LogP contribution is -2.40. The van der Waals surface area contributed by atoms with Crippen LogP contribution in [0.15, 0.2) is 11.0 Å². The van der Waals surface area contributed by atoms with Crippen LogP contribution < -0.4 is 10.9 Å². The highest BCUT2D eigenvalue weighted by Gasteiger charge is 2.24. The lowest BCUT2D eigenvalue weighted by molar-refractivity contribution is 0.0912. The van der Waals surface area contributed by atoms with Crippen molar-refractivity contribution in [2.45, 2.75) is 45.6 Å². The second kappa shape index (κ2) is 6.41. The van der Waals surface area contributed by atoms with Gasteiger partial charge in [-0.25, -0.2) is 4.98 Å². The molecule has 2 aromatic rings. The molecule has 1 aliphatic rings. The van der Waals surface area contributed by atoms with E-state index in [9.17, 15) is 9.59 Å². The smallest absolute Gasteiger partial charge is 0.271 e. The molecule has 0 atom stereocenters. The van der Waals surface area contributed by atoms with Crippen molar-refractivity contribution < 1.29 is 9.90 Å². The van der Waals surface area contributed by atoms with E-state index in [0.29, 0.717) is 10.9 Å². The summed E-state index contributed by atoms with van der Waals surface area (Å²) in [5.74, 6) is -0.0178. The fraction of sp³-hybridized carbons (Fsp3) is 0.562. The number of nitrogens with zero attached hydrogens (tertiary/aromatic N) is 2. The van der Waals surface area contributed by atoms with E-state index in [1.807, 2.05) is 13.8 Å². The standard InChI is InChI=1S/C16H21N3O3S/c1-9-10(2)23-16-17-7-13(15(22)19(9)16)14(21)18-12-5-3-11(8-20)4-6-12/h7,11-12,20H,3-6,8H2,1-2H3,(H,18,21). The zero-order valence-electron chi connectivity index (χ0n) is 13.3. The van der Waals surface area contributed by atoms with Crippen LogP contribution in [0.4, 0.5) is 0 Å². The molecule has 0 spiro atoms. The number of hydrogen-bond donors (Lipinski definition) is 2. The first kappa shape index (κ1) is 16.1. The molecule has 2 aromatic heterocycles. The van der Waals surface area contributed by atoms with E-state index in [4.69, 9.17) is 5.11 Å². The average Bonchev–Trinajstić information content (AvgIpc) is 2.84. The van der Waals surface area contributed by atoms with Gasteiger partial charge in [0, 0.05) is 29.4 Å². The Balaban J connectivity index is 1.80. The minimum atomic E-state index is -0.354. The second-order valence-electron chi connectivity index (χ2n) is 6.21. The highest BCUT2D eigenvalue weighted by molar-refractivity contribution is 7.17. The van der Waals surface area contributed by atoms with Gasteiger partial charge in [0.1, 0.15) is 5.56 Å². The number of hydrogen-bond acceptors (Lipinski definition) is 5. The molecule has 0 saturated heterocycles. The van der Waals surface area contributed by atoms with Crippen molar-refractivity contribution in [2.24, 2.45) is 5.92 Å². The van der Waals surface area contributed by atoms with E-state index < -0.39 is 0 Å². The van der Waals surface area contributed by atoms with Gasteiger partial charge in [-0.3, -0.25) is 14.0 Å². The molecule has 0 aliphatic heterocycles. The Kier molecular flexibility index (Phi) is 4.50. The molecule has 0 bridgehead atoms. The summed E-state index contributed by atoms with van der Waals surface area (Å²) in [5.41, 5.74) is 0.617. The van der Waals surface area contributed by atoms with Gasteiger partial charge >= 0.3 is 0 Å². The molecule has 2 N–H and O–H groups in total. The molecule has 6 nitrogen and oxygen atoms in total. The number of aliphatic hydroxyl groups is 1. The molecule has 1 aliphatic carbocycles. The molecule has 0 unspecified atom stereocenters. The quantitative estimate of drug-likeness (QED) is 0.893. The number of aryl methyl sites for hydroxylation is 2. The van der Waals surface area contributed by atoms with Crippen molar-refractivity contribution in [3.63, 3.8) is 0 Å². The van der Waals surface area contributed by atoms with Gasteiger partial charge in [0.2, 0.25) is 0 Å². The lowest BCUT2D eigenvalue weighted by atomic mass is 9.86. The average molecular weight is 335 g/mol. The van der Waals surface area contributed by atoms with Gasteiger partial charge in [0.05, 0.1) is 0 Å². The van der Waals surface area contributed by atoms with Gasteiger partial charge in [-0.05, 0) is 45.4 Å². The van der Waals surface area contributed by atoms with Gasteiger partial charge in [-0.15, -0.1) is 11.3 Å². The van der Waals surface area contributed by atoms with Crippen molar-refractivity contribution in [1.82, 2.24) is 14.7 Å². The van der Waals surface area contributed by atoms with Crippen LogP contribution in [0.3, 0.4) is 0 Å². The monoisotopic (exact) mass is 335 g/mol. The zero-order valence-corrected chi connectivity index (χ0v) is 14.2. The van der Waals surface area contributed by atoms with Crippen molar-refractivity contribution in [2.75, 3.05) is 6.61 Å². The fourth-order valence-corrected chi connectivity index (χ4v) is 4.01. The first-order chi connectivity index (χ1) is 11.0. The van der Waals surface area contributed by atoms with Crippen molar-refractivity contribution in [1.29, 1.82) is 0 Å². The summed E-state index contributed by atoms with van der Waals surface area (Å²) in [7, 11) is 0. The third kappa shape index (κ3) is 3.03. The minimum Gasteiger partial charge on any atom is -0.396 e. The van der Waals surface area contributed by atoms with E-state index in [0.717, 1.165) is 36.3 Å². The molecule has 7 heteroatoms. The number of amides is 1. The van der Waals surface area contributed by atoms with Crippen LogP contribution in [0, 0.1) is 19.8 Å². The molecule has 3 rings (SSSR count). The number of aromatic nitrogens is 2. The van der Waals surface area contributed by atoms with E-state index >= 15 is 0 Å². The number of nitrogens with one attached hydrogen (secondary N) is 1. The lowest BCUT2D eigenvalue weighted by Gasteiger charge is -2.27. The maximum absolute atomic E-state index is 12.6. The third-order valence-electron chi connectivity index (χ3n) is 4.70. The van der Waals surface area contributed by atoms with E-state index in [2.05, 4.69) is 10.3 Å². The van der Waals surface area contributed by atoms with Gasteiger partial charge < -0.3 is 10.4 Å². The predicted octanol–water partition coefficient (Wildman–Crippen LogP) is 1.65. The third-order valence-corrected chi connectivity index (χ3v) is 5.78. The largest absolute Gasteiger partial charge is 0.396 e. The molecule has 124 valence electrons. The first-order valence-electron chi connectivity index (χ1n) is 7.90. The molecule has 0 aromatic carbocycles. The van der Waals surface area contributed by atoms with Crippen molar-refractivity contribution in [3.8, 4) is 0 Å². The molecular weight excluding hydrogens is 314 g/mol. The Morgan fingerprint density at radius 2 is 2.09 bits per heavy atom. The number of fused-ring (bicyclic) bond motifs is 1. The van der Waals surface area contributed by atoms with Crippen LogP contribution in [0.25, 0.3) is 4.96 Å². The predicted molar refractivity (Wildman–Crippen MR) is 89.1 cm³/mol. The zero-order chi connectivity index (χ0) is 16.6. The first-order valence-corrected chi connectivity index (χ1v) is 8.72. The highest BCUT2D eigenvalue weighted by atomic mass is 32.1. The van der Waals surface area contributed by atoms with Crippen LogP contribution in [-0.2, 0) is 0 Å². The van der Waals surface area contributed by atoms with Crippen molar-refractivity contribution in [3.05, 3.63) is 32.7 Å². The van der Waals surface area contributed by atoms with Crippen molar-refractivity contribution >= 4 is 22.2 Å². The number of rotatable bonds is 3. The van der Waals surface area contributed by atoms with E-state index in [1.165, 1.54) is 21.9 Å². The Bertz CT molecular complexity index is 788. The molecule has 2 heterocycles. The molecular formula is C16H21N3O3S. The Morgan fingerprint density at radius 1 is 1.39 bits per heavy atom. The number of aliphatic hydroxyl groups excluding tert-OH is 1. The summed E-state index contributed by atoms with van der Waals surface area (Å²) in [5, 5.41) is 12.1. The second-order valence-corrected chi connectivity index (χ2v) is 7.39. The fourth-order valence-electron chi connectivity index (χ4n) is 3.08. The number of thiazole rings is 1. The topological polar surface area (TPSA) is 83.7 Å². The normalized spacial score (nSPS) is 21.5. The maximum Gasteiger partial charge on any atom is 0.271 e. The maximum atomic E-state index is 12.6. The summed E-state index contributed by atoms with van der Waals surface area (Å²) in [6.07, 6.45) is 4.86. The summed E-state index contributed by atoms with van der Waals surface area (Å²) in [6.45, 7) is 4.01. The molecule has 1 saturated carbocycles. The molecule has 23 heavy (non-hydrogen) atoms. The minimum absolute atomic E-state index is 0.0655. The van der Waals surface area contributed by atoms with E-state index in [-0.39, 0.29) is 29.7 Å². The number of carbonyl (C=O) groups is 1. The van der Waals surface area contributed by atoms with E-state index in [1.54, 1.807) is 0 Å². The van der Waals surface area contributed by atoms with Crippen LogP contribution in [0.5, 0.6) is 0 Å². The highest BCUT2D eigenvalue weighted by Crippen LogP contribution is 2.24. The summed E-state index contributed by atoms with van der Waals surface area (Å²) < 4.78 is 1.51. The Morgan fingerprint density at radius 3 is 2.74 bits per heavy atom. The molecule has 1 amide bonds. The van der Waals surface area contributed by atoms with Crippen LogP contribution >= 0.6 is 11.3 Å². The van der Waals surface area contributed by atoms with Crippen LogP contribution in [0.2, 0.25) is 0 Å². The Hall–Kier alpha value is -1.73. The van der Waals surface area contributed by atoms with Gasteiger partial charge in [0.15, 0.2) is 4.96 Å². The molecule has 0 radical (unpaired) electrons. The van der Waals surface area contributed by atoms with Crippen LogP contribution in [-0.4, -0.2) is 33.0 Å². The molecule has 1 fully saturated rings. The summed E-state index contributed by atoms with van der Waals surface area (Å²) in [6, 6.07) is 0.0655. The summed E-state index contributed by atoms with van der Waals surface area (Å²) >= 11 is 1.45. The van der Waals surface area contributed by atoms with Gasteiger partial charge in [-0.2, -0.15) is 0 Å². The van der Waals surface area contributed by atoms with Crippen LogP contribution in [0.1, 0.15) is 46.6 Å². The van der Waals surface area contributed by atoms with Gasteiger partial charge in [0.25, 0.3) is 11.5 Å². The van der Waals surface area contributed by atoms with Gasteiger partial charge in [-0.1, -0.05) is 0 Å².